The van der Waals surface area contributed by atoms with Crippen molar-refractivity contribution in [2.45, 2.75) is 39.0 Å². The molecule has 39 heavy (non-hydrogen) atoms. The Kier molecular flexibility index (Phi) is 11.5. The predicted octanol–water partition coefficient (Wildman–Crippen LogP) is 3.04. The zero-order valence-corrected chi connectivity index (χ0v) is 22.8. The van der Waals surface area contributed by atoms with E-state index >= 15 is 0 Å². The van der Waals surface area contributed by atoms with Gasteiger partial charge in [0, 0.05) is 27.4 Å². The molecule has 0 bridgehead atoms. The first kappa shape index (κ1) is 31.7. The summed E-state index contributed by atoms with van der Waals surface area (Å²) in [5, 5.41) is 30.2. The zero-order valence-electron chi connectivity index (χ0n) is 22.8. The van der Waals surface area contributed by atoms with Crippen molar-refractivity contribution in [2.75, 3.05) is 34.5 Å². The number of aromatic hydroxyl groups is 1. The molecule has 0 aromatic heterocycles. The van der Waals surface area contributed by atoms with Gasteiger partial charge in [0.15, 0.2) is 17.3 Å². The number of rotatable bonds is 13. The minimum atomic E-state index is -0.808. The molecule has 3 rings (SSSR count). The van der Waals surface area contributed by atoms with Crippen molar-refractivity contribution in [3.63, 3.8) is 0 Å². The van der Waals surface area contributed by atoms with E-state index in [4.69, 9.17) is 14.2 Å². The van der Waals surface area contributed by atoms with E-state index in [1.807, 2.05) is 0 Å². The van der Waals surface area contributed by atoms with Gasteiger partial charge in [-0.05, 0) is 67.3 Å². The van der Waals surface area contributed by atoms with Crippen molar-refractivity contribution in [1.82, 2.24) is 0 Å². The van der Waals surface area contributed by atoms with Gasteiger partial charge in [-0.15, -0.1) is 0 Å². The summed E-state index contributed by atoms with van der Waals surface area (Å²) in [6, 6.07) is 6.75. The first-order valence-corrected chi connectivity index (χ1v) is 12.6. The van der Waals surface area contributed by atoms with Gasteiger partial charge in [0.2, 0.25) is 5.75 Å². The molecule has 218 valence electrons. The van der Waals surface area contributed by atoms with Crippen molar-refractivity contribution in [3.8, 4) is 34.1 Å². The van der Waals surface area contributed by atoms with E-state index in [1.54, 1.807) is 18.2 Å². The highest BCUT2D eigenvalue weighted by Crippen LogP contribution is 2.48. The summed E-state index contributed by atoms with van der Waals surface area (Å²) in [6.45, 7) is 0.685. The van der Waals surface area contributed by atoms with Crippen LogP contribution in [-0.2, 0) is 16.0 Å². The van der Waals surface area contributed by atoms with E-state index in [9.17, 15) is 29.7 Å². The number of methoxy groups -OCH3 is 3. The Bertz CT molecular complexity index is 1200. The van der Waals surface area contributed by atoms with Crippen molar-refractivity contribution in [2.24, 2.45) is 17.8 Å². The van der Waals surface area contributed by atoms with Gasteiger partial charge in [0.05, 0.1) is 39.9 Å². The standard InChI is InChI=1S/C29H36O9.H2O.2H2/c1-16(32)11-24(34)22(15-31)18(9-10-30)12-17-13-21-19(5-7-23(33)27(21)25(35)14-17)20-6-8-26(36-2)29(38-4)28(20)37-3;;;/h5-8,17-18,22,30-31,33H,9-15H2,1-4H3;1H2;2*1H. The average Bonchev–Trinajstić information content (AvgIpc) is 2.87. The Balaban J connectivity index is 0.00000533. The van der Waals surface area contributed by atoms with Crippen LogP contribution in [0.3, 0.4) is 0 Å². The quantitative estimate of drug-likeness (QED) is 0.317. The fraction of sp³-hybridized carbons (Fsp3) is 0.483. The number of phenols is 1. The van der Waals surface area contributed by atoms with E-state index in [1.165, 1.54) is 34.3 Å². The molecule has 5 N–H and O–H groups in total. The molecule has 0 aliphatic heterocycles. The molecule has 0 saturated heterocycles. The number of fused-ring (bicyclic) bond motifs is 1. The van der Waals surface area contributed by atoms with Crippen LogP contribution in [0, 0.1) is 17.8 Å². The molecule has 0 saturated carbocycles. The first-order valence-electron chi connectivity index (χ1n) is 12.6. The number of hydrogen-bond acceptors (Lipinski definition) is 9. The number of aliphatic hydroxyl groups is 2. The van der Waals surface area contributed by atoms with E-state index in [-0.39, 0.29) is 68.8 Å². The lowest BCUT2D eigenvalue weighted by Gasteiger charge is -2.32. The topological polar surface area (TPSA) is 171 Å². The van der Waals surface area contributed by atoms with Gasteiger partial charge in [-0.2, -0.15) is 0 Å². The summed E-state index contributed by atoms with van der Waals surface area (Å²) in [6.07, 6.45) is 0.926. The number of phenolic OH excluding ortho intramolecular Hbond substituents is 1. The number of hydrogen-bond donors (Lipinski definition) is 3. The molecular weight excluding hydrogens is 508 g/mol. The van der Waals surface area contributed by atoms with Crippen molar-refractivity contribution in [1.29, 1.82) is 0 Å². The zero-order chi connectivity index (χ0) is 28.0. The molecule has 0 heterocycles. The molecule has 0 amide bonds. The fourth-order valence-corrected chi connectivity index (χ4v) is 5.58. The van der Waals surface area contributed by atoms with Crippen LogP contribution < -0.4 is 14.2 Å². The Morgan fingerprint density at radius 3 is 2.23 bits per heavy atom. The highest BCUT2D eigenvalue weighted by molar-refractivity contribution is 6.03. The highest BCUT2D eigenvalue weighted by Gasteiger charge is 2.35. The molecule has 10 heteroatoms. The SMILES string of the molecule is COc1ccc(-c2ccc(O)c3c2CC(CC(CCO)C(CO)C(=O)CC(C)=O)CC3=O)c(OC)c1OC.O.[HH].[HH]. The van der Waals surface area contributed by atoms with E-state index in [2.05, 4.69) is 0 Å². The fourth-order valence-electron chi connectivity index (χ4n) is 5.58. The van der Waals surface area contributed by atoms with Gasteiger partial charge in [0.25, 0.3) is 0 Å². The number of carbonyl (C=O) groups excluding carboxylic acids is 3. The van der Waals surface area contributed by atoms with Crippen molar-refractivity contribution in [3.05, 3.63) is 35.4 Å². The molecule has 3 unspecified atom stereocenters. The number of ketones is 3. The second-order valence-electron chi connectivity index (χ2n) is 9.71. The van der Waals surface area contributed by atoms with Crippen LogP contribution in [0.5, 0.6) is 23.0 Å². The highest BCUT2D eigenvalue weighted by atomic mass is 16.5. The van der Waals surface area contributed by atoms with E-state index < -0.39 is 18.4 Å². The second-order valence-corrected chi connectivity index (χ2v) is 9.71. The Hall–Kier alpha value is -3.47. The smallest absolute Gasteiger partial charge is 0.203 e. The summed E-state index contributed by atoms with van der Waals surface area (Å²) in [5.74, 6) is -1.13. The minimum absolute atomic E-state index is 0. The van der Waals surface area contributed by atoms with Gasteiger partial charge in [0.1, 0.15) is 17.3 Å². The first-order chi connectivity index (χ1) is 18.2. The Morgan fingerprint density at radius 2 is 1.67 bits per heavy atom. The molecule has 3 atom stereocenters. The summed E-state index contributed by atoms with van der Waals surface area (Å²) >= 11 is 0. The maximum absolute atomic E-state index is 13.3. The molecule has 2 aromatic carbocycles. The largest absolute Gasteiger partial charge is 0.507 e. The Labute approximate surface area is 230 Å². The van der Waals surface area contributed by atoms with Crippen LogP contribution in [-0.4, -0.2) is 72.7 Å². The second kappa shape index (κ2) is 14.1. The molecule has 1 aliphatic carbocycles. The summed E-state index contributed by atoms with van der Waals surface area (Å²) in [7, 11) is 4.53. The van der Waals surface area contributed by atoms with Crippen LogP contribution in [0.25, 0.3) is 11.1 Å². The lowest BCUT2D eigenvalue weighted by atomic mass is 9.72. The number of benzene rings is 2. The van der Waals surface area contributed by atoms with Crippen LogP contribution in [0.4, 0.5) is 0 Å². The number of aliphatic hydroxyl groups excluding tert-OH is 2. The molecule has 0 radical (unpaired) electrons. The van der Waals surface area contributed by atoms with Gasteiger partial charge >= 0.3 is 0 Å². The van der Waals surface area contributed by atoms with E-state index in [0.717, 1.165) is 0 Å². The van der Waals surface area contributed by atoms with Gasteiger partial charge in [-0.25, -0.2) is 0 Å². The third-order valence-corrected chi connectivity index (χ3v) is 7.27. The number of carbonyl (C=O) groups is 3. The molecule has 0 fully saturated rings. The lowest BCUT2D eigenvalue weighted by Crippen LogP contribution is -2.32. The third kappa shape index (κ3) is 6.76. The third-order valence-electron chi connectivity index (χ3n) is 7.27. The summed E-state index contributed by atoms with van der Waals surface area (Å²) in [4.78, 5) is 37.5. The molecule has 2 aromatic rings. The molecule has 1 aliphatic rings. The van der Waals surface area contributed by atoms with Crippen LogP contribution >= 0.6 is 0 Å². The molecule has 10 nitrogen and oxygen atoms in total. The van der Waals surface area contributed by atoms with Gasteiger partial charge < -0.3 is 35.0 Å². The lowest BCUT2D eigenvalue weighted by molar-refractivity contribution is -0.131. The average molecular weight is 551 g/mol. The van der Waals surface area contributed by atoms with Gasteiger partial charge in [-0.3, -0.25) is 14.4 Å². The van der Waals surface area contributed by atoms with Crippen LogP contribution in [0.2, 0.25) is 0 Å². The Morgan fingerprint density at radius 1 is 1.00 bits per heavy atom. The summed E-state index contributed by atoms with van der Waals surface area (Å²) < 4.78 is 16.6. The van der Waals surface area contributed by atoms with Crippen molar-refractivity contribution >= 4 is 17.3 Å². The van der Waals surface area contributed by atoms with Crippen LogP contribution in [0.1, 0.15) is 51.4 Å². The molecular formula is C29H42O10. The monoisotopic (exact) mass is 550 g/mol. The van der Waals surface area contributed by atoms with E-state index in [0.29, 0.717) is 46.8 Å². The predicted molar refractivity (Wildman–Crippen MR) is 148 cm³/mol. The number of Topliss-reactive ketones (excluding diaryl/α,β-unsaturated/α-hetero) is 3. The van der Waals surface area contributed by atoms with Crippen LogP contribution in [0.15, 0.2) is 24.3 Å². The molecule has 0 spiro atoms. The minimum Gasteiger partial charge on any atom is -0.507 e. The normalized spacial score (nSPS) is 15.9. The maximum atomic E-state index is 13.3. The maximum Gasteiger partial charge on any atom is 0.203 e. The number of ether oxygens (including phenoxy) is 3. The van der Waals surface area contributed by atoms with Gasteiger partial charge in [-0.1, -0.05) is 6.07 Å². The van der Waals surface area contributed by atoms with Crippen molar-refractivity contribution < 1.29 is 52.2 Å². The summed E-state index contributed by atoms with van der Waals surface area (Å²) in [5.41, 5.74) is 2.25.